The van der Waals surface area contributed by atoms with Crippen LogP contribution < -0.4 is 0 Å². The van der Waals surface area contributed by atoms with Crippen LogP contribution in [0.4, 0.5) is 0 Å². The number of fused-ring (bicyclic) bond motifs is 2. The third-order valence-corrected chi connectivity index (χ3v) is 6.91. The molecular weight excluding hydrogens is 462 g/mol. The fraction of sp³-hybridized carbons (Fsp3) is 0. The van der Waals surface area contributed by atoms with Crippen molar-refractivity contribution in [3.63, 3.8) is 0 Å². The van der Waals surface area contributed by atoms with Crippen LogP contribution in [0.15, 0.2) is 140 Å². The van der Waals surface area contributed by atoms with E-state index in [9.17, 15) is 0 Å². The fourth-order valence-electron chi connectivity index (χ4n) is 5.00. The molecule has 178 valence electrons. The quantitative estimate of drug-likeness (QED) is 0.250. The molecule has 3 heteroatoms. The highest BCUT2D eigenvalue weighted by atomic mass is 14.9. The number of para-hydroxylation sites is 1. The van der Waals surface area contributed by atoms with E-state index in [1.54, 1.807) is 0 Å². The predicted molar refractivity (Wildman–Crippen MR) is 157 cm³/mol. The molecule has 0 aliphatic rings. The molecule has 0 amide bonds. The standard InChI is InChI=1S/C35H23N3/c1-3-10-24(11-4-1)25-18-20-27(21-19-25)35-37-32-16-8-7-14-30(32)34(38-35)33-23-22-29-28(15-9-17-31(29)36-33)26-12-5-2-6-13-26/h1-23H. The van der Waals surface area contributed by atoms with Crippen molar-refractivity contribution in [1.29, 1.82) is 0 Å². The van der Waals surface area contributed by atoms with E-state index in [0.29, 0.717) is 5.82 Å². The van der Waals surface area contributed by atoms with Crippen molar-refractivity contribution >= 4 is 21.8 Å². The highest BCUT2D eigenvalue weighted by Crippen LogP contribution is 2.33. The van der Waals surface area contributed by atoms with Crippen LogP contribution in [0.5, 0.6) is 0 Å². The maximum absolute atomic E-state index is 5.08. The topological polar surface area (TPSA) is 38.7 Å². The van der Waals surface area contributed by atoms with Crippen LogP contribution in [0.1, 0.15) is 0 Å². The smallest absolute Gasteiger partial charge is 0.160 e. The maximum atomic E-state index is 5.08. The zero-order chi connectivity index (χ0) is 25.3. The van der Waals surface area contributed by atoms with Crippen molar-refractivity contribution < 1.29 is 0 Å². The molecule has 0 N–H and O–H groups in total. The Hall–Kier alpha value is -5.15. The van der Waals surface area contributed by atoms with Crippen molar-refractivity contribution in [3.8, 4) is 45.0 Å². The van der Waals surface area contributed by atoms with Gasteiger partial charge < -0.3 is 0 Å². The minimum absolute atomic E-state index is 0.693. The van der Waals surface area contributed by atoms with Crippen molar-refractivity contribution in [2.75, 3.05) is 0 Å². The molecule has 0 radical (unpaired) electrons. The average molecular weight is 486 g/mol. The minimum atomic E-state index is 0.693. The monoisotopic (exact) mass is 485 g/mol. The van der Waals surface area contributed by atoms with Gasteiger partial charge in [0.25, 0.3) is 0 Å². The van der Waals surface area contributed by atoms with Gasteiger partial charge in [0, 0.05) is 16.3 Å². The summed E-state index contributed by atoms with van der Waals surface area (Å²) in [7, 11) is 0. The molecule has 0 aliphatic carbocycles. The average Bonchev–Trinajstić information content (AvgIpc) is 3.01. The van der Waals surface area contributed by atoms with Gasteiger partial charge >= 0.3 is 0 Å². The van der Waals surface area contributed by atoms with E-state index < -0.39 is 0 Å². The second-order valence-electron chi connectivity index (χ2n) is 9.29. The van der Waals surface area contributed by atoms with Gasteiger partial charge in [0.2, 0.25) is 0 Å². The number of aromatic nitrogens is 3. The molecule has 0 fully saturated rings. The lowest BCUT2D eigenvalue weighted by Gasteiger charge is -2.11. The second kappa shape index (κ2) is 9.38. The van der Waals surface area contributed by atoms with Crippen molar-refractivity contribution in [1.82, 2.24) is 15.0 Å². The van der Waals surface area contributed by atoms with Gasteiger partial charge in [-0.15, -0.1) is 0 Å². The molecule has 0 atom stereocenters. The molecule has 7 rings (SSSR count). The number of nitrogens with zero attached hydrogens (tertiary/aromatic N) is 3. The number of hydrogen-bond acceptors (Lipinski definition) is 3. The second-order valence-corrected chi connectivity index (χ2v) is 9.29. The molecule has 0 saturated heterocycles. The Morgan fingerprint density at radius 2 is 0.947 bits per heavy atom. The summed E-state index contributed by atoms with van der Waals surface area (Å²) in [4.78, 5) is 15.0. The molecule has 0 aliphatic heterocycles. The third kappa shape index (κ3) is 4.00. The zero-order valence-electron chi connectivity index (χ0n) is 20.6. The predicted octanol–water partition coefficient (Wildman–Crippen LogP) is 8.85. The third-order valence-electron chi connectivity index (χ3n) is 6.91. The van der Waals surface area contributed by atoms with Crippen LogP contribution in [0.2, 0.25) is 0 Å². The van der Waals surface area contributed by atoms with E-state index in [0.717, 1.165) is 38.8 Å². The zero-order valence-corrected chi connectivity index (χ0v) is 20.6. The Kier molecular flexibility index (Phi) is 5.45. The number of benzene rings is 5. The molecule has 2 heterocycles. The normalized spacial score (nSPS) is 11.2. The van der Waals surface area contributed by atoms with Gasteiger partial charge in [-0.05, 0) is 46.5 Å². The first kappa shape index (κ1) is 22.1. The summed E-state index contributed by atoms with van der Waals surface area (Å²) in [6, 6.07) is 47.9. The molecule has 0 bridgehead atoms. The summed E-state index contributed by atoms with van der Waals surface area (Å²) in [6.45, 7) is 0. The fourth-order valence-corrected chi connectivity index (χ4v) is 5.00. The summed E-state index contributed by atoms with van der Waals surface area (Å²) in [6.07, 6.45) is 0. The number of hydrogen-bond donors (Lipinski definition) is 0. The van der Waals surface area contributed by atoms with Crippen LogP contribution in [-0.4, -0.2) is 15.0 Å². The lowest BCUT2D eigenvalue weighted by Crippen LogP contribution is -1.97. The number of pyridine rings is 1. The first-order chi connectivity index (χ1) is 18.8. The Morgan fingerprint density at radius 1 is 0.342 bits per heavy atom. The molecule has 7 aromatic rings. The van der Waals surface area contributed by atoms with Gasteiger partial charge in [-0.25, -0.2) is 15.0 Å². The van der Waals surface area contributed by atoms with E-state index in [4.69, 9.17) is 15.0 Å². The van der Waals surface area contributed by atoms with Crippen LogP contribution in [0, 0.1) is 0 Å². The van der Waals surface area contributed by atoms with E-state index in [1.165, 1.54) is 22.3 Å². The first-order valence-electron chi connectivity index (χ1n) is 12.7. The highest BCUT2D eigenvalue weighted by Gasteiger charge is 2.14. The van der Waals surface area contributed by atoms with Gasteiger partial charge in [0.15, 0.2) is 5.82 Å². The molecular formula is C35H23N3. The lowest BCUT2D eigenvalue weighted by molar-refractivity contribution is 1.21. The number of rotatable bonds is 4. The van der Waals surface area contributed by atoms with Gasteiger partial charge in [-0.1, -0.05) is 115 Å². The van der Waals surface area contributed by atoms with Gasteiger partial charge in [0.1, 0.15) is 5.69 Å². The van der Waals surface area contributed by atoms with Crippen molar-refractivity contribution in [3.05, 3.63) is 140 Å². The molecule has 0 saturated carbocycles. The maximum Gasteiger partial charge on any atom is 0.160 e. The van der Waals surface area contributed by atoms with E-state index in [2.05, 4.69) is 109 Å². The minimum Gasteiger partial charge on any atom is -0.246 e. The van der Waals surface area contributed by atoms with Crippen molar-refractivity contribution in [2.45, 2.75) is 0 Å². The Bertz CT molecular complexity index is 1890. The van der Waals surface area contributed by atoms with Crippen LogP contribution in [-0.2, 0) is 0 Å². The van der Waals surface area contributed by atoms with E-state index in [-0.39, 0.29) is 0 Å². The van der Waals surface area contributed by atoms with Gasteiger partial charge in [-0.3, -0.25) is 0 Å². The summed E-state index contributed by atoms with van der Waals surface area (Å²) in [5.74, 6) is 0.693. The molecule has 2 aromatic heterocycles. The molecule has 3 nitrogen and oxygen atoms in total. The SMILES string of the molecule is c1ccc(-c2ccc(-c3nc(-c4ccc5c(-c6ccccc6)cccc5n4)c4ccccc4n3)cc2)cc1. The largest absolute Gasteiger partial charge is 0.246 e. The Balaban J connectivity index is 1.35. The molecule has 38 heavy (non-hydrogen) atoms. The van der Waals surface area contributed by atoms with Crippen LogP contribution >= 0.6 is 0 Å². The molecule has 5 aromatic carbocycles. The lowest BCUT2D eigenvalue weighted by atomic mass is 10.00. The Morgan fingerprint density at radius 3 is 1.74 bits per heavy atom. The summed E-state index contributed by atoms with van der Waals surface area (Å²) < 4.78 is 0. The van der Waals surface area contributed by atoms with Crippen LogP contribution in [0.25, 0.3) is 66.8 Å². The summed E-state index contributed by atoms with van der Waals surface area (Å²) in [5, 5.41) is 2.11. The van der Waals surface area contributed by atoms with Crippen molar-refractivity contribution in [2.24, 2.45) is 0 Å². The van der Waals surface area contributed by atoms with E-state index in [1.807, 2.05) is 30.3 Å². The van der Waals surface area contributed by atoms with Crippen LogP contribution in [0.3, 0.4) is 0 Å². The molecule has 0 unspecified atom stereocenters. The molecule has 0 spiro atoms. The summed E-state index contributed by atoms with van der Waals surface area (Å²) >= 11 is 0. The van der Waals surface area contributed by atoms with Gasteiger partial charge in [-0.2, -0.15) is 0 Å². The highest BCUT2D eigenvalue weighted by molar-refractivity contribution is 5.98. The van der Waals surface area contributed by atoms with E-state index >= 15 is 0 Å². The first-order valence-corrected chi connectivity index (χ1v) is 12.7. The summed E-state index contributed by atoms with van der Waals surface area (Å²) in [5.41, 5.74) is 9.21. The Labute approximate surface area is 221 Å². The van der Waals surface area contributed by atoms with Gasteiger partial charge in [0.05, 0.1) is 16.7 Å².